The SMILES string of the molecule is CN.CNC(=O)c1c(C2CCCN(C(=O)OCc3ccccc3)C2)cc(-c2ccccc2O)nc1N.Cl.Nc1nc(-c2ccccc2O)cc(C2CCCN(C(=O)OCc3ccccc3)C2)c1C(=O)O. The molecule has 0 spiro atoms. The zero-order chi connectivity index (χ0) is 49.5. The van der Waals surface area contributed by atoms with Gasteiger partial charge >= 0.3 is 18.2 Å². The molecular formula is C52H59ClN8O9. The summed E-state index contributed by atoms with van der Waals surface area (Å²) in [6.45, 7) is 2.16. The molecule has 0 bridgehead atoms. The van der Waals surface area contributed by atoms with Crippen LogP contribution in [0.25, 0.3) is 22.5 Å². The van der Waals surface area contributed by atoms with Crippen LogP contribution in [0.1, 0.15) is 80.5 Å². The number of nitrogens with one attached hydrogen (secondary N) is 1. The molecule has 3 amide bonds. The molecule has 2 fully saturated rings. The number of anilines is 2. The number of piperidine rings is 2. The van der Waals surface area contributed by atoms with E-state index in [1.165, 1.54) is 20.2 Å². The number of rotatable bonds is 10. The number of phenols is 2. The van der Waals surface area contributed by atoms with Gasteiger partial charge in [0.2, 0.25) is 0 Å². The predicted octanol–water partition coefficient (Wildman–Crippen LogP) is 8.16. The van der Waals surface area contributed by atoms with E-state index in [9.17, 15) is 34.5 Å². The Hall–Kier alpha value is -7.89. The Morgan fingerprint density at radius 2 is 1.01 bits per heavy atom. The van der Waals surface area contributed by atoms with Crippen molar-refractivity contribution < 1.29 is 44.0 Å². The maximum Gasteiger partial charge on any atom is 0.410 e. The first-order chi connectivity index (χ1) is 33.4. The van der Waals surface area contributed by atoms with Gasteiger partial charge in [-0.3, -0.25) is 4.79 Å². The van der Waals surface area contributed by atoms with Gasteiger partial charge in [0, 0.05) is 56.2 Å². The van der Waals surface area contributed by atoms with Gasteiger partial charge in [-0.05, 0) is 91.4 Å². The Kier molecular flexibility index (Phi) is 19.3. The quantitative estimate of drug-likeness (QED) is 0.0683. The second-order valence-corrected chi connectivity index (χ2v) is 16.3. The van der Waals surface area contributed by atoms with Crippen LogP contribution in [0.2, 0.25) is 0 Å². The number of aromatic carboxylic acids is 1. The number of amides is 3. The van der Waals surface area contributed by atoms with Crippen molar-refractivity contribution in [2.45, 2.75) is 50.7 Å². The van der Waals surface area contributed by atoms with E-state index in [2.05, 4.69) is 21.0 Å². The van der Waals surface area contributed by atoms with Crippen molar-refractivity contribution in [2.24, 2.45) is 5.73 Å². The van der Waals surface area contributed by atoms with Crippen LogP contribution < -0.4 is 22.5 Å². The predicted molar refractivity (Wildman–Crippen MR) is 270 cm³/mol. The van der Waals surface area contributed by atoms with Gasteiger partial charge < -0.3 is 57.1 Å². The van der Waals surface area contributed by atoms with E-state index in [-0.39, 0.29) is 72.1 Å². The summed E-state index contributed by atoms with van der Waals surface area (Å²) in [5.41, 5.74) is 21.8. The maximum atomic E-state index is 12.8. The molecule has 0 radical (unpaired) electrons. The third kappa shape index (κ3) is 13.2. The van der Waals surface area contributed by atoms with Crippen LogP contribution in [0.4, 0.5) is 21.2 Å². The number of benzene rings is 4. The molecule has 17 nitrogen and oxygen atoms in total. The minimum atomic E-state index is -1.18. The molecule has 2 aliphatic rings. The van der Waals surface area contributed by atoms with Crippen molar-refractivity contribution in [3.8, 4) is 34.0 Å². The third-order valence-corrected chi connectivity index (χ3v) is 11.8. The highest BCUT2D eigenvalue weighted by atomic mass is 35.5. The molecule has 0 aliphatic carbocycles. The van der Waals surface area contributed by atoms with E-state index < -0.39 is 18.2 Å². The maximum absolute atomic E-state index is 12.8. The Morgan fingerprint density at radius 3 is 1.41 bits per heavy atom. The number of para-hydroxylation sites is 2. The van der Waals surface area contributed by atoms with Crippen molar-refractivity contribution >= 4 is 48.1 Å². The zero-order valence-corrected chi connectivity index (χ0v) is 39.8. The molecule has 70 heavy (non-hydrogen) atoms. The van der Waals surface area contributed by atoms with Gasteiger partial charge in [-0.25, -0.2) is 24.4 Å². The number of ether oxygens (including phenoxy) is 2. The second kappa shape index (κ2) is 25.5. The first-order valence-electron chi connectivity index (χ1n) is 22.5. The van der Waals surface area contributed by atoms with E-state index in [1.807, 2.05) is 60.7 Å². The molecule has 2 atom stereocenters. The number of nitrogen functional groups attached to an aromatic ring is 2. The number of halogens is 1. The Bertz CT molecular complexity index is 2730. The molecule has 4 aromatic carbocycles. The van der Waals surface area contributed by atoms with Gasteiger partial charge in [0.1, 0.15) is 41.9 Å². The highest BCUT2D eigenvalue weighted by Crippen LogP contribution is 2.38. The lowest BCUT2D eigenvalue weighted by Crippen LogP contribution is -2.40. The van der Waals surface area contributed by atoms with E-state index in [0.717, 1.165) is 24.0 Å². The first kappa shape index (κ1) is 53.1. The van der Waals surface area contributed by atoms with Crippen LogP contribution in [0.5, 0.6) is 11.5 Å². The van der Waals surface area contributed by atoms with Crippen LogP contribution in [-0.4, -0.2) is 99.4 Å². The summed E-state index contributed by atoms with van der Waals surface area (Å²) in [6, 6.07) is 35.9. The lowest BCUT2D eigenvalue weighted by atomic mass is 9.86. The standard InChI is InChI=1S/C26H28N4O4.C25H25N3O5.CH5N.ClH/c1-28-25(32)23-20(14-21(29-24(23)27)19-11-5-6-12-22(19)31)18-10-7-13-30(15-18)26(33)34-16-17-8-3-2-4-9-17;26-23-22(24(30)31)19(13-20(27-23)18-10-4-5-11-21(18)29)17-9-6-12-28(14-17)25(32)33-15-16-7-2-1-3-8-16;1-2;/h2-6,8-9,11-12,14,18,31H,7,10,13,15-16H2,1H3,(H2,27,29)(H,28,32);1-5,7-8,10-11,13,17,29H,6,9,12,14-15H2,(H2,26,27)(H,30,31);2H2,1H3;1H. The van der Waals surface area contributed by atoms with Gasteiger partial charge in [0.25, 0.3) is 5.91 Å². The number of carbonyl (C=O) groups is 4. The summed E-state index contributed by atoms with van der Waals surface area (Å²) in [5.74, 6) is -1.86. The third-order valence-electron chi connectivity index (χ3n) is 11.8. The number of pyridine rings is 2. The summed E-state index contributed by atoms with van der Waals surface area (Å²) >= 11 is 0. The number of likely N-dealkylation sites (tertiary alicyclic amines) is 2. The Morgan fingerprint density at radius 1 is 0.629 bits per heavy atom. The highest BCUT2D eigenvalue weighted by Gasteiger charge is 2.32. The Labute approximate surface area is 412 Å². The Balaban J connectivity index is 0.000000249. The summed E-state index contributed by atoms with van der Waals surface area (Å²) in [5, 5.41) is 33.0. The molecule has 2 unspecified atom stereocenters. The molecule has 368 valence electrons. The smallest absolute Gasteiger partial charge is 0.410 e. The second-order valence-electron chi connectivity index (χ2n) is 16.3. The molecular weight excluding hydrogens is 916 g/mol. The summed E-state index contributed by atoms with van der Waals surface area (Å²) in [4.78, 5) is 62.1. The monoisotopic (exact) mass is 974 g/mol. The van der Waals surface area contributed by atoms with E-state index in [1.54, 1.807) is 64.4 Å². The number of aromatic nitrogens is 2. The lowest BCUT2D eigenvalue weighted by Gasteiger charge is -2.33. The number of carboxylic acid groups (broad SMARTS) is 1. The van der Waals surface area contributed by atoms with Gasteiger partial charge in [-0.2, -0.15) is 0 Å². The number of nitrogens with zero attached hydrogens (tertiary/aromatic N) is 4. The van der Waals surface area contributed by atoms with Crippen LogP contribution in [0, 0.1) is 0 Å². The molecule has 10 N–H and O–H groups in total. The number of hydrogen-bond acceptors (Lipinski definition) is 13. The summed E-state index contributed by atoms with van der Waals surface area (Å²) < 4.78 is 11.0. The van der Waals surface area contributed by atoms with Gasteiger partial charge in [-0.1, -0.05) is 84.9 Å². The van der Waals surface area contributed by atoms with Crippen LogP contribution in [0.3, 0.4) is 0 Å². The van der Waals surface area contributed by atoms with E-state index >= 15 is 0 Å². The topological polar surface area (TPSA) is 270 Å². The molecule has 2 aromatic heterocycles. The van der Waals surface area contributed by atoms with E-state index in [4.69, 9.17) is 20.9 Å². The number of aromatic hydroxyl groups is 2. The number of carboxylic acids is 1. The molecule has 8 rings (SSSR count). The fourth-order valence-electron chi connectivity index (χ4n) is 8.49. The lowest BCUT2D eigenvalue weighted by molar-refractivity contribution is 0.0693. The first-order valence-corrected chi connectivity index (χ1v) is 22.5. The average molecular weight is 976 g/mol. The molecule has 2 aliphatic heterocycles. The highest BCUT2D eigenvalue weighted by molar-refractivity contribution is 6.00. The summed E-state index contributed by atoms with van der Waals surface area (Å²) in [6.07, 6.45) is 2.08. The van der Waals surface area contributed by atoms with Crippen molar-refractivity contribution in [3.05, 3.63) is 155 Å². The van der Waals surface area contributed by atoms with Gasteiger partial charge in [-0.15, -0.1) is 12.4 Å². The molecule has 6 aromatic rings. The van der Waals surface area contributed by atoms with Crippen LogP contribution >= 0.6 is 12.4 Å². The average Bonchev–Trinajstić information content (AvgIpc) is 3.38. The molecule has 2 saturated heterocycles. The minimum absolute atomic E-state index is 0. The fraction of sp³-hybridized carbons (Fsp3) is 0.269. The van der Waals surface area contributed by atoms with Gasteiger partial charge in [0.15, 0.2) is 0 Å². The van der Waals surface area contributed by atoms with Crippen molar-refractivity contribution in [1.82, 2.24) is 25.1 Å². The normalized spacial score (nSPS) is 15.1. The van der Waals surface area contributed by atoms with E-state index in [0.29, 0.717) is 78.2 Å². The fourth-order valence-corrected chi connectivity index (χ4v) is 8.49. The van der Waals surface area contributed by atoms with Gasteiger partial charge in [0.05, 0.1) is 17.0 Å². The number of hydrogen-bond donors (Lipinski definition) is 7. The molecule has 4 heterocycles. The largest absolute Gasteiger partial charge is 0.507 e. The van der Waals surface area contributed by atoms with Crippen LogP contribution in [0.15, 0.2) is 121 Å². The minimum Gasteiger partial charge on any atom is -0.507 e. The summed E-state index contributed by atoms with van der Waals surface area (Å²) in [7, 11) is 3.04. The zero-order valence-electron chi connectivity index (χ0n) is 39.0. The molecule has 18 heteroatoms. The number of phenolic OH excluding ortho intramolecular Hbond substituents is 2. The molecule has 0 saturated carbocycles. The van der Waals surface area contributed by atoms with Crippen LogP contribution in [-0.2, 0) is 22.7 Å². The van der Waals surface area contributed by atoms with Crippen molar-refractivity contribution in [1.29, 1.82) is 0 Å². The van der Waals surface area contributed by atoms with Crippen molar-refractivity contribution in [2.75, 3.05) is 51.7 Å². The number of nitrogens with two attached hydrogens (primary N) is 3. The number of carbonyl (C=O) groups excluding carboxylic acids is 3. The van der Waals surface area contributed by atoms with Crippen molar-refractivity contribution in [3.63, 3.8) is 0 Å².